The zero-order valence-electron chi connectivity index (χ0n) is 15.4. The number of nitro benzene ring substituents is 1. The van der Waals surface area contributed by atoms with Gasteiger partial charge in [0.15, 0.2) is 0 Å². The maximum absolute atomic E-state index is 10.8. The number of aliphatic hydroxyl groups excluding tert-OH is 1. The fourth-order valence-corrected chi connectivity index (χ4v) is 2.84. The van der Waals surface area contributed by atoms with Crippen molar-refractivity contribution in [1.29, 1.82) is 0 Å². The zero-order chi connectivity index (χ0) is 19.8. The van der Waals surface area contributed by atoms with Gasteiger partial charge in [0.25, 0.3) is 5.69 Å². The van der Waals surface area contributed by atoms with Crippen molar-refractivity contribution in [2.45, 2.75) is 26.7 Å². The highest BCUT2D eigenvalue weighted by Gasteiger charge is 2.10. The molecule has 2 aromatic carbocycles. The second-order valence-corrected chi connectivity index (χ2v) is 6.48. The van der Waals surface area contributed by atoms with Gasteiger partial charge in [0.2, 0.25) is 0 Å². The van der Waals surface area contributed by atoms with E-state index < -0.39 is 4.92 Å². The summed E-state index contributed by atoms with van der Waals surface area (Å²) >= 11 is 6.04. The Hall–Kier alpha value is -2.51. The van der Waals surface area contributed by atoms with Gasteiger partial charge >= 0.3 is 0 Å². The monoisotopic (exact) mass is 390 g/mol. The van der Waals surface area contributed by atoms with Crippen LogP contribution in [0.25, 0.3) is 0 Å². The molecule has 0 aliphatic rings. The lowest BCUT2D eigenvalue weighted by Gasteiger charge is -2.23. The molecule has 0 atom stereocenters. The number of nitrogens with zero attached hydrogens (tertiary/aromatic N) is 4. The Morgan fingerprint density at radius 3 is 2.44 bits per heavy atom. The molecular formula is C19H23ClN4O3. The summed E-state index contributed by atoms with van der Waals surface area (Å²) < 4.78 is 0. The van der Waals surface area contributed by atoms with E-state index in [-0.39, 0.29) is 17.3 Å². The Morgan fingerprint density at radius 2 is 1.85 bits per heavy atom. The van der Waals surface area contributed by atoms with Gasteiger partial charge in [-0.2, -0.15) is 5.11 Å². The van der Waals surface area contributed by atoms with Crippen LogP contribution in [0.1, 0.15) is 25.3 Å². The lowest BCUT2D eigenvalue weighted by atomic mass is 10.1. The number of non-ortho nitro benzene ring substituents is 1. The first-order valence-corrected chi connectivity index (χ1v) is 9.16. The van der Waals surface area contributed by atoms with Gasteiger partial charge in [-0.05, 0) is 56.5 Å². The highest BCUT2D eigenvalue weighted by Crippen LogP contribution is 2.32. The number of nitro groups is 1. The van der Waals surface area contributed by atoms with Gasteiger partial charge in [-0.25, -0.2) is 0 Å². The standard InChI is InChI=1S/C19H23ClN4O3/c1-3-23(10-4-5-11-25)15-6-8-18(14(2)12-15)21-22-19-9-7-16(24(26)27)13-17(19)20/h6-9,12-13,25H,3-5,10-11H2,1-2H3. The summed E-state index contributed by atoms with van der Waals surface area (Å²) in [4.78, 5) is 12.5. The van der Waals surface area contributed by atoms with Crippen LogP contribution in [0, 0.1) is 17.0 Å². The van der Waals surface area contributed by atoms with Crippen LogP contribution < -0.4 is 4.90 Å². The van der Waals surface area contributed by atoms with Crippen molar-refractivity contribution in [2.75, 3.05) is 24.6 Å². The summed E-state index contributed by atoms with van der Waals surface area (Å²) in [5, 5.41) is 28.2. The van der Waals surface area contributed by atoms with Crippen LogP contribution in [-0.2, 0) is 0 Å². The molecule has 0 unspecified atom stereocenters. The van der Waals surface area contributed by atoms with E-state index in [9.17, 15) is 10.1 Å². The number of benzene rings is 2. The molecule has 2 aromatic rings. The topological polar surface area (TPSA) is 91.3 Å². The fourth-order valence-electron chi connectivity index (χ4n) is 2.63. The lowest BCUT2D eigenvalue weighted by molar-refractivity contribution is -0.384. The van der Waals surface area contributed by atoms with E-state index >= 15 is 0 Å². The molecule has 1 N–H and O–H groups in total. The van der Waals surface area contributed by atoms with Crippen LogP contribution in [-0.4, -0.2) is 29.7 Å². The number of hydrogen-bond donors (Lipinski definition) is 1. The number of halogens is 1. The van der Waals surface area contributed by atoms with Gasteiger partial charge < -0.3 is 10.0 Å². The first-order valence-electron chi connectivity index (χ1n) is 8.78. The van der Waals surface area contributed by atoms with Crippen LogP contribution in [0.2, 0.25) is 5.02 Å². The molecular weight excluding hydrogens is 368 g/mol. The predicted molar refractivity (Wildman–Crippen MR) is 108 cm³/mol. The van der Waals surface area contributed by atoms with Gasteiger partial charge in [-0.1, -0.05) is 11.6 Å². The molecule has 144 valence electrons. The van der Waals surface area contributed by atoms with Gasteiger partial charge in [-0.3, -0.25) is 10.1 Å². The molecule has 0 radical (unpaired) electrons. The van der Waals surface area contributed by atoms with Crippen molar-refractivity contribution in [3.63, 3.8) is 0 Å². The fraction of sp³-hybridized carbons (Fsp3) is 0.368. The third-order valence-electron chi connectivity index (χ3n) is 4.17. The van der Waals surface area contributed by atoms with Gasteiger partial charge in [0, 0.05) is 37.5 Å². The van der Waals surface area contributed by atoms with E-state index in [1.807, 2.05) is 25.1 Å². The van der Waals surface area contributed by atoms with Crippen LogP contribution in [0.15, 0.2) is 46.6 Å². The summed E-state index contributed by atoms with van der Waals surface area (Å²) in [7, 11) is 0. The minimum absolute atomic E-state index is 0.0830. The van der Waals surface area contributed by atoms with E-state index in [0.29, 0.717) is 11.4 Å². The van der Waals surface area contributed by atoms with Crippen LogP contribution in [0.4, 0.5) is 22.7 Å². The molecule has 7 nitrogen and oxygen atoms in total. The summed E-state index contributed by atoms with van der Waals surface area (Å²) in [6, 6.07) is 10.0. The molecule has 0 heterocycles. The Labute approximate surface area is 163 Å². The summed E-state index contributed by atoms with van der Waals surface area (Å²) in [6.07, 6.45) is 1.72. The molecule has 0 spiro atoms. The number of unbranched alkanes of at least 4 members (excludes halogenated alkanes) is 1. The molecule has 27 heavy (non-hydrogen) atoms. The van der Waals surface area contributed by atoms with Crippen LogP contribution >= 0.6 is 11.6 Å². The Bertz CT molecular complexity index is 827. The smallest absolute Gasteiger partial charge is 0.271 e. The molecule has 0 aliphatic heterocycles. The van der Waals surface area contributed by atoms with E-state index in [1.165, 1.54) is 18.2 Å². The maximum atomic E-state index is 10.8. The molecule has 0 fully saturated rings. The minimum atomic E-state index is -0.504. The van der Waals surface area contributed by atoms with E-state index in [0.717, 1.165) is 37.2 Å². The number of aryl methyl sites for hydroxylation is 1. The summed E-state index contributed by atoms with van der Waals surface area (Å²) in [6.45, 7) is 6.02. The number of anilines is 1. The molecule has 8 heteroatoms. The summed E-state index contributed by atoms with van der Waals surface area (Å²) in [5.41, 5.74) is 3.07. The van der Waals surface area contributed by atoms with Crippen molar-refractivity contribution in [2.24, 2.45) is 10.2 Å². The average molecular weight is 391 g/mol. The normalized spacial score (nSPS) is 11.1. The minimum Gasteiger partial charge on any atom is -0.396 e. The van der Waals surface area contributed by atoms with Crippen molar-refractivity contribution in [3.05, 3.63) is 57.1 Å². The van der Waals surface area contributed by atoms with Gasteiger partial charge in [-0.15, -0.1) is 5.11 Å². The van der Waals surface area contributed by atoms with Crippen molar-refractivity contribution < 1.29 is 10.0 Å². The van der Waals surface area contributed by atoms with Gasteiger partial charge in [0.1, 0.15) is 5.69 Å². The van der Waals surface area contributed by atoms with Crippen LogP contribution in [0.5, 0.6) is 0 Å². The second-order valence-electron chi connectivity index (χ2n) is 6.07. The maximum Gasteiger partial charge on any atom is 0.271 e. The predicted octanol–water partition coefficient (Wildman–Crippen LogP) is 5.57. The Kier molecular flexibility index (Phi) is 7.69. The average Bonchev–Trinajstić information content (AvgIpc) is 2.65. The quantitative estimate of drug-likeness (QED) is 0.262. The first kappa shape index (κ1) is 20.8. The van der Waals surface area contributed by atoms with Crippen molar-refractivity contribution >= 4 is 34.4 Å². The Balaban J connectivity index is 2.15. The molecule has 0 bridgehead atoms. The molecule has 2 rings (SSSR count). The number of aliphatic hydroxyl groups is 1. The molecule has 0 aromatic heterocycles. The highest BCUT2D eigenvalue weighted by molar-refractivity contribution is 6.33. The number of rotatable bonds is 9. The Morgan fingerprint density at radius 1 is 1.15 bits per heavy atom. The molecule has 0 saturated heterocycles. The van der Waals surface area contributed by atoms with E-state index in [2.05, 4.69) is 22.1 Å². The van der Waals surface area contributed by atoms with E-state index in [4.69, 9.17) is 16.7 Å². The number of azo groups is 1. The van der Waals surface area contributed by atoms with E-state index in [1.54, 1.807) is 0 Å². The molecule has 0 aliphatic carbocycles. The first-order chi connectivity index (χ1) is 13.0. The second kappa shape index (κ2) is 9.99. The lowest BCUT2D eigenvalue weighted by Crippen LogP contribution is -2.24. The highest BCUT2D eigenvalue weighted by atomic mass is 35.5. The summed E-state index contributed by atoms with van der Waals surface area (Å²) in [5.74, 6) is 0. The molecule has 0 saturated carbocycles. The third kappa shape index (κ3) is 5.74. The largest absolute Gasteiger partial charge is 0.396 e. The van der Waals surface area contributed by atoms with Crippen molar-refractivity contribution in [1.82, 2.24) is 0 Å². The molecule has 0 amide bonds. The zero-order valence-corrected chi connectivity index (χ0v) is 16.2. The van der Waals surface area contributed by atoms with Crippen LogP contribution in [0.3, 0.4) is 0 Å². The van der Waals surface area contributed by atoms with Gasteiger partial charge in [0.05, 0.1) is 15.6 Å². The SMILES string of the molecule is CCN(CCCCO)c1ccc(N=Nc2ccc([N+](=O)[O-])cc2Cl)c(C)c1. The van der Waals surface area contributed by atoms with Crippen molar-refractivity contribution in [3.8, 4) is 0 Å². The third-order valence-corrected chi connectivity index (χ3v) is 4.47. The number of hydrogen-bond acceptors (Lipinski definition) is 6.